The number of carbonyl (C=O) groups excluding carboxylic acids is 1. The molecule has 4 atom stereocenters. The second-order valence-electron chi connectivity index (χ2n) is 4.16. The van der Waals surface area contributed by atoms with Crippen molar-refractivity contribution < 1.29 is 19.7 Å². The summed E-state index contributed by atoms with van der Waals surface area (Å²) in [5.41, 5.74) is 0. The van der Waals surface area contributed by atoms with Gasteiger partial charge in [-0.05, 0) is 20.3 Å². The lowest BCUT2D eigenvalue weighted by Crippen LogP contribution is -2.43. The number of ketones is 1. The van der Waals surface area contributed by atoms with Crippen LogP contribution in [0.5, 0.6) is 0 Å². The lowest BCUT2D eigenvalue weighted by atomic mass is 9.87. The minimum absolute atomic E-state index is 0.00899. The predicted octanol–water partition coefficient (Wildman–Crippen LogP) is 0.996. The molecule has 0 aromatic heterocycles. The van der Waals surface area contributed by atoms with E-state index in [1.165, 1.54) is 6.92 Å². The van der Waals surface area contributed by atoms with E-state index in [1.54, 1.807) is 6.92 Å². The van der Waals surface area contributed by atoms with Gasteiger partial charge in [0.25, 0.3) is 0 Å². The first-order valence-corrected chi connectivity index (χ1v) is 5.90. The monoisotopic (exact) mass is 232 g/mol. The van der Waals surface area contributed by atoms with E-state index in [9.17, 15) is 9.90 Å². The van der Waals surface area contributed by atoms with Crippen LogP contribution < -0.4 is 0 Å². The molecule has 0 aromatic rings. The number of ether oxygens (including phenoxy) is 1. The van der Waals surface area contributed by atoms with E-state index < -0.39 is 12.2 Å². The van der Waals surface area contributed by atoms with Gasteiger partial charge in [-0.1, -0.05) is 13.8 Å². The Morgan fingerprint density at radius 3 is 2.25 bits per heavy atom. The van der Waals surface area contributed by atoms with Crippen LogP contribution in [0.3, 0.4) is 0 Å². The minimum atomic E-state index is -0.797. The highest BCUT2D eigenvalue weighted by Crippen LogP contribution is 2.20. The SMILES string of the molecule is CCOC(C(C)C(C)=O)C(O)C(CC)CO. The third-order valence-electron chi connectivity index (χ3n) is 3.07. The fourth-order valence-corrected chi connectivity index (χ4v) is 1.71. The zero-order valence-electron chi connectivity index (χ0n) is 10.6. The molecule has 2 N–H and O–H groups in total. The van der Waals surface area contributed by atoms with Crippen molar-refractivity contribution in [3.05, 3.63) is 0 Å². The molecular formula is C12H24O4. The van der Waals surface area contributed by atoms with Gasteiger partial charge in [0.1, 0.15) is 5.78 Å². The summed E-state index contributed by atoms with van der Waals surface area (Å²) in [5.74, 6) is -0.598. The number of hydrogen-bond donors (Lipinski definition) is 2. The number of carbonyl (C=O) groups is 1. The van der Waals surface area contributed by atoms with Crippen LogP contribution in [0, 0.1) is 11.8 Å². The minimum Gasteiger partial charge on any atom is -0.396 e. The molecule has 0 saturated heterocycles. The summed E-state index contributed by atoms with van der Waals surface area (Å²) in [6.07, 6.45) is -0.667. The van der Waals surface area contributed by atoms with Crippen molar-refractivity contribution in [1.82, 2.24) is 0 Å². The first-order chi connectivity index (χ1) is 7.49. The van der Waals surface area contributed by atoms with Gasteiger partial charge in [0.05, 0.1) is 12.2 Å². The fraction of sp³-hybridized carbons (Fsp3) is 0.917. The Morgan fingerprint density at radius 2 is 1.94 bits per heavy atom. The molecule has 0 spiro atoms. The molecular weight excluding hydrogens is 208 g/mol. The molecule has 0 radical (unpaired) electrons. The lowest BCUT2D eigenvalue weighted by Gasteiger charge is -2.31. The van der Waals surface area contributed by atoms with Crippen LogP contribution in [-0.4, -0.2) is 41.4 Å². The quantitative estimate of drug-likeness (QED) is 0.655. The third-order valence-corrected chi connectivity index (χ3v) is 3.07. The Morgan fingerprint density at radius 1 is 1.38 bits per heavy atom. The third kappa shape index (κ3) is 4.20. The molecule has 0 heterocycles. The Bertz CT molecular complexity index is 201. The lowest BCUT2D eigenvalue weighted by molar-refractivity contribution is -0.134. The molecule has 16 heavy (non-hydrogen) atoms. The Balaban J connectivity index is 4.68. The maximum Gasteiger partial charge on any atom is 0.135 e. The van der Waals surface area contributed by atoms with Gasteiger partial charge in [0.2, 0.25) is 0 Å². The molecule has 0 saturated carbocycles. The van der Waals surface area contributed by atoms with Crippen LogP contribution in [0.2, 0.25) is 0 Å². The van der Waals surface area contributed by atoms with Crippen LogP contribution in [-0.2, 0) is 9.53 Å². The zero-order chi connectivity index (χ0) is 12.7. The van der Waals surface area contributed by atoms with Crippen LogP contribution in [0.15, 0.2) is 0 Å². The van der Waals surface area contributed by atoms with Crippen molar-refractivity contribution in [2.24, 2.45) is 11.8 Å². The normalized spacial score (nSPS) is 18.9. The number of rotatable bonds is 8. The van der Waals surface area contributed by atoms with Gasteiger partial charge in [-0.15, -0.1) is 0 Å². The summed E-state index contributed by atoms with van der Waals surface area (Å²) in [5, 5.41) is 19.2. The summed E-state index contributed by atoms with van der Waals surface area (Å²) in [6, 6.07) is 0. The molecule has 0 bridgehead atoms. The molecule has 4 unspecified atom stereocenters. The Kier molecular flexibility index (Phi) is 7.55. The maximum atomic E-state index is 11.3. The van der Waals surface area contributed by atoms with E-state index in [-0.39, 0.29) is 24.2 Å². The van der Waals surface area contributed by atoms with Crippen LogP contribution in [0.4, 0.5) is 0 Å². The van der Waals surface area contributed by atoms with Gasteiger partial charge < -0.3 is 14.9 Å². The number of hydrogen-bond acceptors (Lipinski definition) is 4. The molecule has 4 heteroatoms. The molecule has 0 aliphatic heterocycles. The highest BCUT2D eigenvalue weighted by Gasteiger charge is 2.32. The largest absolute Gasteiger partial charge is 0.396 e. The topological polar surface area (TPSA) is 66.8 Å². The fourth-order valence-electron chi connectivity index (χ4n) is 1.71. The van der Waals surface area contributed by atoms with Crippen molar-refractivity contribution in [3.63, 3.8) is 0 Å². The van der Waals surface area contributed by atoms with Crippen molar-refractivity contribution >= 4 is 5.78 Å². The molecule has 0 rings (SSSR count). The predicted molar refractivity (Wildman–Crippen MR) is 62.1 cm³/mol. The number of aliphatic hydroxyl groups excluding tert-OH is 2. The van der Waals surface area contributed by atoms with Crippen molar-refractivity contribution in [3.8, 4) is 0 Å². The van der Waals surface area contributed by atoms with Crippen LogP contribution >= 0.6 is 0 Å². The highest BCUT2D eigenvalue weighted by molar-refractivity contribution is 5.78. The molecule has 0 aliphatic rings. The maximum absolute atomic E-state index is 11.3. The smallest absolute Gasteiger partial charge is 0.135 e. The van der Waals surface area contributed by atoms with Gasteiger partial charge in [-0.25, -0.2) is 0 Å². The van der Waals surface area contributed by atoms with Crippen molar-refractivity contribution in [1.29, 1.82) is 0 Å². The van der Waals surface area contributed by atoms with Crippen LogP contribution in [0.25, 0.3) is 0 Å². The van der Waals surface area contributed by atoms with Gasteiger partial charge in [0, 0.05) is 25.0 Å². The average Bonchev–Trinajstić information content (AvgIpc) is 2.26. The van der Waals surface area contributed by atoms with E-state index in [0.29, 0.717) is 13.0 Å². The Hall–Kier alpha value is -0.450. The van der Waals surface area contributed by atoms with Gasteiger partial charge in [-0.3, -0.25) is 4.79 Å². The van der Waals surface area contributed by atoms with E-state index in [1.807, 2.05) is 13.8 Å². The number of Topliss-reactive ketones (excluding diaryl/α,β-unsaturated/α-hetero) is 1. The van der Waals surface area contributed by atoms with E-state index >= 15 is 0 Å². The van der Waals surface area contributed by atoms with Crippen molar-refractivity contribution in [2.75, 3.05) is 13.2 Å². The summed E-state index contributed by atoms with van der Waals surface area (Å²) in [7, 11) is 0. The van der Waals surface area contributed by atoms with E-state index in [4.69, 9.17) is 9.84 Å². The molecule has 96 valence electrons. The standard InChI is InChI=1S/C12H24O4/c1-5-10(7-13)11(15)12(16-6-2)8(3)9(4)14/h8,10-13,15H,5-7H2,1-4H3. The van der Waals surface area contributed by atoms with Crippen molar-refractivity contribution in [2.45, 2.75) is 46.3 Å². The molecule has 0 amide bonds. The summed E-state index contributed by atoms with van der Waals surface area (Å²) in [6.45, 7) is 7.31. The average molecular weight is 232 g/mol. The molecule has 0 fully saturated rings. The number of aliphatic hydroxyl groups is 2. The zero-order valence-corrected chi connectivity index (χ0v) is 10.6. The highest BCUT2D eigenvalue weighted by atomic mass is 16.5. The van der Waals surface area contributed by atoms with Gasteiger partial charge in [-0.2, -0.15) is 0 Å². The summed E-state index contributed by atoms with van der Waals surface area (Å²) in [4.78, 5) is 11.3. The van der Waals surface area contributed by atoms with Crippen LogP contribution in [0.1, 0.15) is 34.1 Å². The van der Waals surface area contributed by atoms with E-state index in [2.05, 4.69) is 0 Å². The van der Waals surface area contributed by atoms with Gasteiger partial charge in [0.15, 0.2) is 0 Å². The molecule has 4 nitrogen and oxygen atoms in total. The van der Waals surface area contributed by atoms with Gasteiger partial charge >= 0.3 is 0 Å². The Labute approximate surface area is 97.6 Å². The summed E-state index contributed by atoms with van der Waals surface area (Å²) >= 11 is 0. The summed E-state index contributed by atoms with van der Waals surface area (Å²) < 4.78 is 5.43. The second kappa shape index (κ2) is 7.76. The first kappa shape index (κ1) is 15.6. The molecule has 0 aliphatic carbocycles. The van der Waals surface area contributed by atoms with E-state index in [0.717, 1.165) is 0 Å². The second-order valence-corrected chi connectivity index (χ2v) is 4.16. The first-order valence-electron chi connectivity index (χ1n) is 5.90. The molecule has 0 aromatic carbocycles.